The van der Waals surface area contributed by atoms with Crippen LogP contribution in [0.5, 0.6) is 11.5 Å². The maximum atomic E-state index is 13.9. The second kappa shape index (κ2) is 22.4. The normalized spacial score (nSPS) is 24.4. The van der Waals surface area contributed by atoms with Gasteiger partial charge >= 0.3 is 0 Å². The van der Waals surface area contributed by atoms with Gasteiger partial charge in [0.15, 0.2) is 0 Å². The average Bonchev–Trinajstić information content (AvgIpc) is 3.59. The quantitative estimate of drug-likeness (QED) is 0.100. The first-order valence-electron chi connectivity index (χ1n) is 18.7. The van der Waals surface area contributed by atoms with E-state index in [9.17, 15) is 53.7 Å². The minimum atomic E-state index is -1.36. The first-order chi connectivity index (χ1) is 28.1. The van der Waals surface area contributed by atoms with Crippen molar-refractivity contribution in [3.05, 3.63) is 58.6 Å². The van der Waals surface area contributed by atoms with E-state index in [-0.39, 0.29) is 66.2 Å². The maximum absolute atomic E-state index is 13.9. The summed E-state index contributed by atoms with van der Waals surface area (Å²) < 4.78 is 0. The molecule has 2 heterocycles. The fraction of sp³-hybridized carbons (Fsp3) is 0.474. The molecule has 0 spiro atoms. The summed E-state index contributed by atoms with van der Waals surface area (Å²) >= 11 is 6.09. The number of nitrogens with zero attached hydrogens (tertiary/aromatic N) is 1. The van der Waals surface area contributed by atoms with E-state index in [1.54, 1.807) is 12.1 Å². The van der Waals surface area contributed by atoms with Crippen molar-refractivity contribution >= 4 is 81.3 Å². The smallest absolute Gasteiger partial charge is 0.246 e. The lowest BCUT2D eigenvalue weighted by molar-refractivity contribution is -0.141. The van der Waals surface area contributed by atoms with E-state index in [2.05, 4.69) is 31.9 Å². The number of nitrogens with one attached hydrogen (secondary N) is 6. The van der Waals surface area contributed by atoms with Crippen molar-refractivity contribution < 1.29 is 53.7 Å². The molecule has 0 aliphatic carbocycles. The highest BCUT2D eigenvalue weighted by molar-refractivity contribution is 8.76. The molecule has 9 N–H and O–H groups in total. The number of carbonyl (C=O) groups excluding carboxylic acids is 8. The monoisotopic (exact) mass is 877 g/mol. The molecule has 7 atom stereocenters. The molecule has 4 rings (SSSR count). The van der Waals surface area contributed by atoms with Gasteiger partial charge in [-0.05, 0) is 54.2 Å². The number of phenolic OH excluding ortho intramolecular Hbond substituents is 2. The molecule has 0 bridgehead atoms. The molecule has 7 amide bonds. The molecular formula is C38H48ClN7O11S2. The van der Waals surface area contributed by atoms with Gasteiger partial charge in [0.05, 0.1) is 23.7 Å². The SMILES string of the molecule is CC(C)C[C@@H]1NC(=O)CNC(=O)[C@H](Cc2ccc(O)c(Cl)c2)NC(=O)C2C[C@@H](O)CN2C(=O)[C@@H](NC=O)CSSC[C@@H](C(=O)N[C@H](C=O)Cc2ccc(O)cc2)NC1=O. The first kappa shape index (κ1) is 46.6. The summed E-state index contributed by atoms with van der Waals surface area (Å²) in [6.07, 6.45) is -0.428. The van der Waals surface area contributed by atoms with Gasteiger partial charge in [-0.15, -0.1) is 0 Å². The van der Waals surface area contributed by atoms with Crippen molar-refractivity contribution in [2.24, 2.45) is 5.92 Å². The Balaban J connectivity index is 1.64. The van der Waals surface area contributed by atoms with Crippen LogP contribution in [-0.2, 0) is 51.2 Å². The van der Waals surface area contributed by atoms with E-state index < -0.39 is 84.3 Å². The summed E-state index contributed by atoms with van der Waals surface area (Å²) in [4.78, 5) is 107. The molecular weight excluding hydrogens is 830 g/mol. The Morgan fingerprint density at radius 3 is 2.29 bits per heavy atom. The van der Waals surface area contributed by atoms with Crippen molar-refractivity contribution in [2.45, 2.75) is 81.9 Å². The van der Waals surface area contributed by atoms with E-state index in [1.807, 2.05) is 13.8 Å². The summed E-state index contributed by atoms with van der Waals surface area (Å²) in [6.45, 7) is 2.73. The molecule has 2 saturated heterocycles. The zero-order valence-electron chi connectivity index (χ0n) is 32.2. The van der Waals surface area contributed by atoms with Gasteiger partial charge in [0.1, 0.15) is 48.0 Å². The van der Waals surface area contributed by atoms with Crippen molar-refractivity contribution in [1.29, 1.82) is 0 Å². The predicted octanol–water partition coefficient (Wildman–Crippen LogP) is -0.692. The predicted molar refractivity (Wildman–Crippen MR) is 219 cm³/mol. The second-order valence-corrected chi connectivity index (χ2v) is 17.5. The zero-order valence-corrected chi connectivity index (χ0v) is 34.6. The lowest BCUT2D eigenvalue weighted by atomic mass is 10.0. The molecule has 2 aromatic carbocycles. The number of amides is 7. The molecule has 18 nitrogen and oxygen atoms in total. The van der Waals surface area contributed by atoms with E-state index in [0.29, 0.717) is 23.8 Å². The lowest BCUT2D eigenvalue weighted by Crippen LogP contribution is -2.58. The number of rotatable bonds is 11. The Hall–Kier alpha value is -5.05. The summed E-state index contributed by atoms with van der Waals surface area (Å²) in [5.41, 5.74) is 1.06. The van der Waals surface area contributed by atoms with Crippen LogP contribution >= 0.6 is 33.2 Å². The van der Waals surface area contributed by atoms with Crippen molar-refractivity contribution in [2.75, 3.05) is 24.6 Å². The van der Waals surface area contributed by atoms with Gasteiger partial charge in [-0.3, -0.25) is 33.6 Å². The molecule has 2 aliphatic heterocycles. The van der Waals surface area contributed by atoms with Crippen molar-refractivity contribution in [3.8, 4) is 11.5 Å². The lowest BCUT2D eigenvalue weighted by Gasteiger charge is -2.29. The third kappa shape index (κ3) is 14.0. The second-order valence-electron chi connectivity index (χ2n) is 14.5. The van der Waals surface area contributed by atoms with Crippen LogP contribution in [0.4, 0.5) is 0 Å². The third-order valence-electron chi connectivity index (χ3n) is 9.37. The topological polar surface area (TPSA) is 273 Å². The van der Waals surface area contributed by atoms with E-state index >= 15 is 0 Å². The molecule has 59 heavy (non-hydrogen) atoms. The van der Waals surface area contributed by atoms with Crippen LogP contribution in [0.1, 0.15) is 37.8 Å². The number of fused-ring (bicyclic) bond motifs is 1. The summed E-state index contributed by atoms with van der Waals surface area (Å²) in [6, 6.07) is 2.91. The third-order valence-corrected chi connectivity index (χ3v) is 12.1. The standard InChI is InChI=1S/C38H48ClN7O11S2/c1-20(2)9-27-35(54)45-29(36(55)42-23(16-47)10-21-3-6-24(49)7-4-21)17-58-59-18-30(41-19-48)38(57)46-15-25(50)13-31(46)37(56)44-28(34(53)40-14-33(52)43-27)12-22-5-8-32(51)26(39)11-22/h3-8,11,16,19-20,23,25,27-31,49-51H,9-10,12-15,17-18H2,1-2H3,(H,40,53)(H,41,48)(H,42,55)(H,43,52)(H,44,56)(H,45,54)/t23-,25+,27-,28-,29-,30-,31?/m0/s1. The largest absolute Gasteiger partial charge is 0.508 e. The number of aliphatic hydroxyl groups is 1. The van der Waals surface area contributed by atoms with Crippen LogP contribution in [0.3, 0.4) is 0 Å². The Bertz CT molecular complexity index is 1860. The van der Waals surface area contributed by atoms with Gasteiger partial charge < -0.3 is 56.9 Å². The van der Waals surface area contributed by atoms with Crippen LogP contribution in [0.15, 0.2) is 42.5 Å². The van der Waals surface area contributed by atoms with Crippen LogP contribution in [0, 0.1) is 5.92 Å². The minimum absolute atomic E-state index is 0.0163. The fourth-order valence-corrected chi connectivity index (χ4v) is 8.93. The number of aliphatic hydroxyl groups excluding tert-OH is 1. The van der Waals surface area contributed by atoms with Crippen LogP contribution in [-0.4, -0.2) is 135 Å². The average molecular weight is 878 g/mol. The highest BCUT2D eigenvalue weighted by Crippen LogP contribution is 2.27. The Kier molecular flexibility index (Phi) is 17.7. The van der Waals surface area contributed by atoms with Crippen molar-refractivity contribution in [3.63, 3.8) is 0 Å². The Labute approximate surface area is 353 Å². The zero-order chi connectivity index (χ0) is 43.2. The first-order valence-corrected chi connectivity index (χ1v) is 21.6. The van der Waals surface area contributed by atoms with Crippen molar-refractivity contribution in [1.82, 2.24) is 36.8 Å². The molecule has 2 aromatic rings. The van der Waals surface area contributed by atoms with E-state index in [4.69, 9.17) is 11.6 Å². The van der Waals surface area contributed by atoms with Gasteiger partial charge in [0.2, 0.25) is 41.9 Å². The minimum Gasteiger partial charge on any atom is -0.508 e. The summed E-state index contributed by atoms with van der Waals surface area (Å²) in [5, 5.41) is 45.5. The number of phenols is 2. The van der Waals surface area contributed by atoms with Crippen LogP contribution in [0.25, 0.3) is 0 Å². The Morgan fingerprint density at radius 2 is 1.63 bits per heavy atom. The molecule has 320 valence electrons. The number of hydrogen-bond acceptors (Lipinski definition) is 13. The molecule has 0 saturated carbocycles. The summed E-state index contributed by atoms with van der Waals surface area (Å²) in [7, 11) is 2.13. The van der Waals surface area contributed by atoms with Gasteiger partial charge in [-0.1, -0.05) is 65.2 Å². The highest BCUT2D eigenvalue weighted by atomic mass is 35.5. The van der Waals surface area contributed by atoms with E-state index in [0.717, 1.165) is 26.5 Å². The van der Waals surface area contributed by atoms with Gasteiger partial charge in [-0.2, -0.15) is 0 Å². The number of hydrogen-bond donors (Lipinski definition) is 9. The maximum Gasteiger partial charge on any atom is 0.246 e. The van der Waals surface area contributed by atoms with Gasteiger partial charge in [0.25, 0.3) is 0 Å². The van der Waals surface area contributed by atoms with Gasteiger partial charge in [-0.25, -0.2) is 0 Å². The molecule has 2 fully saturated rings. The number of halogens is 1. The van der Waals surface area contributed by atoms with Crippen LogP contribution < -0.4 is 31.9 Å². The van der Waals surface area contributed by atoms with E-state index in [1.165, 1.54) is 30.3 Å². The number of aromatic hydroxyl groups is 2. The number of benzene rings is 2. The fourth-order valence-electron chi connectivity index (χ4n) is 6.40. The number of aldehydes is 1. The molecule has 21 heteroatoms. The molecule has 1 unspecified atom stereocenters. The van der Waals surface area contributed by atoms with Gasteiger partial charge in [0, 0.05) is 30.9 Å². The van der Waals surface area contributed by atoms with Crippen LogP contribution in [0.2, 0.25) is 5.02 Å². The number of carbonyl (C=O) groups is 8. The Morgan fingerprint density at radius 1 is 0.932 bits per heavy atom. The highest BCUT2D eigenvalue weighted by Gasteiger charge is 2.42. The molecule has 0 aromatic heterocycles. The summed E-state index contributed by atoms with van der Waals surface area (Å²) in [5.74, 6) is -5.07. The molecule has 0 radical (unpaired) electrons. The molecule has 2 aliphatic rings.